The maximum atomic E-state index is 12.2. The molecule has 10 heteroatoms. The first-order valence-corrected chi connectivity index (χ1v) is 8.27. The number of fused-ring (bicyclic) bond motifs is 1. The number of imidazole rings is 1. The molecule has 4 heterocycles. The lowest BCUT2D eigenvalue weighted by Crippen LogP contribution is -2.38. The van der Waals surface area contributed by atoms with Crippen molar-refractivity contribution in [2.24, 2.45) is 20.0 Å². The fourth-order valence-electron chi connectivity index (χ4n) is 3.57. The van der Waals surface area contributed by atoms with Crippen LogP contribution < -0.4 is 16.1 Å². The van der Waals surface area contributed by atoms with Crippen LogP contribution in [0.15, 0.2) is 22.2 Å². The molecule has 1 unspecified atom stereocenters. The second-order valence-electron chi connectivity index (χ2n) is 6.53. The molecule has 0 aromatic carbocycles. The summed E-state index contributed by atoms with van der Waals surface area (Å²) in [6, 6.07) is 0. The maximum absolute atomic E-state index is 12.2. The third-order valence-corrected chi connectivity index (χ3v) is 4.82. The van der Waals surface area contributed by atoms with Crippen molar-refractivity contribution < 1.29 is 0 Å². The van der Waals surface area contributed by atoms with Gasteiger partial charge in [-0.1, -0.05) is 0 Å². The van der Waals surface area contributed by atoms with Crippen molar-refractivity contribution in [2.75, 3.05) is 18.0 Å². The van der Waals surface area contributed by atoms with Crippen molar-refractivity contribution in [1.82, 2.24) is 33.9 Å². The van der Waals surface area contributed by atoms with Gasteiger partial charge >= 0.3 is 5.69 Å². The molecule has 1 saturated heterocycles. The van der Waals surface area contributed by atoms with Gasteiger partial charge < -0.3 is 9.47 Å². The molecule has 0 aliphatic carbocycles. The van der Waals surface area contributed by atoms with E-state index in [9.17, 15) is 9.59 Å². The Morgan fingerprint density at radius 1 is 1.28 bits per heavy atom. The van der Waals surface area contributed by atoms with E-state index in [1.807, 2.05) is 11.7 Å². The number of aromatic nitrogens is 7. The quantitative estimate of drug-likeness (QED) is 0.684. The highest BCUT2D eigenvalue weighted by Gasteiger charge is 2.25. The Balaban J connectivity index is 1.68. The van der Waals surface area contributed by atoms with Gasteiger partial charge in [-0.05, 0) is 18.8 Å². The largest absolute Gasteiger partial charge is 0.342 e. The molecule has 1 aliphatic rings. The molecule has 1 atom stereocenters. The zero-order valence-corrected chi connectivity index (χ0v) is 14.2. The first-order chi connectivity index (χ1) is 12.0. The number of H-pyrrole nitrogens is 1. The molecule has 1 N–H and O–H groups in total. The van der Waals surface area contributed by atoms with Crippen molar-refractivity contribution in [3.8, 4) is 0 Å². The van der Waals surface area contributed by atoms with E-state index in [4.69, 9.17) is 0 Å². The summed E-state index contributed by atoms with van der Waals surface area (Å²) < 4.78 is 4.99. The third-order valence-electron chi connectivity index (χ3n) is 4.82. The number of hydrogen-bond acceptors (Lipinski definition) is 6. The summed E-state index contributed by atoms with van der Waals surface area (Å²) in [5.74, 6) is 1.14. The number of rotatable bonds is 3. The summed E-state index contributed by atoms with van der Waals surface area (Å²) >= 11 is 0. The van der Waals surface area contributed by atoms with Crippen molar-refractivity contribution >= 4 is 17.1 Å². The van der Waals surface area contributed by atoms with Crippen LogP contribution in [-0.2, 0) is 20.6 Å². The summed E-state index contributed by atoms with van der Waals surface area (Å²) in [6.45, 7) is 2.50. The first kappa shape index (κ1) is 15.6. The Morgan fingerprint density at radius 2 is 2.12 bits per heavy atom. The molecule has 0 radical (unpaired) electrons. The van der Waals surface area contributed by atoms with Crippen molar-refractivity contribution in [3.05, 3.63) is 33.5 Å². The predicted octanol–water partition coefficient (Wildman–Crippen LogP) is -0.532. The Kier molecular flexibility index (Phi) is 3.66. The van der Waals surface area contributed by atoms with Gasteiger partial charge in [-0.3, -0.25) is 19.0 Å². The Labute approximate surface area is 142 Å². The molecule has 0 spiro atoms. The fourth-order valence-corrected chi connectivity index (χ4v) is 3.57. The van der Waals surface area contributed by atoms with E-state index in [2.05, 4.69) is 25.0 Å². The van der Waals surface area contributed by atoms with Crippen LogP contribution in [0, 0.1) is 5.92 Å². The zero-order chi connectivity index (χ0) is 17.6. The molecule has 10 nitrogen and oxygen atoms in total. The van der Waals surface area contributed by atoms with Crippen molar-refractivity contribution in [3.63, 3.8) is 0 Å². The van der Waals surface area contributed by atoms with E-state index < -0.39 is 11.2 Å². The summed E-state index contributed by atoms with van der Waals surface area (Å²) in [5, 5.41) is 4.18. The Hall–Kier alpha value is -2.91. The normalized spacial score (nSPS) is 18.2. The van der Waals surface area contributed by atoms with Crippen LogP contribution in [0.2, 0.25) is 0 Å². The third kappa shape index (κ3) is 2.63. The highest BCUT2D eigenvalue weighted by molar-refractivity contribution is 5.74. The highest BCUT2D eigenvalue weighted by Crippen LogP contribution is 2.24. The lowest BCUT2D eigenvalue weighted by molar-refractivity contribution is 0.348. The molecular formula is C15H20N8O2. The van der Waals surface area contributed by atoms with Gasteiger partial charge in [0.05, 0.1) is 0 Å². The topological polar surface area (TPSA) is 107 Å². The van der Waals surface area contributed by atoms with Crippen LogP contribution in [0.1, 0.15) is 12.8 Å². The standard InChI is InChI=1S/C15H20N8O2/c1-20-11-12(21(2)15(25)19-13(11)24)18-14(20)22-5-3-4-10(6-22)7-23-9-16-8-17-23/h8-10H,3-7H2,1-2H3,(H,19,24,25). The summed E-state index contributed by atoms with van der Waals surface area (Å²) in [5.41, 5.74) is -0.0412. The van der Waals surface area contributed by atoms with Crippen LogP contribution in [-0.4, -0.2) is 47.0 Å². The minimum atomic E-state index is -0.454. The van der Waals surface area contributed by atoms with E-state index in [-0.39, 0.29) is 0 Å². The maximum Gasteiger partial charge on any atom is 0.329 e. The Morgan fingerprint density at radius 3 is 2.88 bits per heavy atom. The number of aryl methyl sites for hydroxylation is 2. The lowest BCUT2D eigenvalue weighted by atomic mass is 9.98. The van der Waals surface area contributed by atoms with Gasteiger partial charge in [0.2, 0.25) is 5.95 Å². The minimum absolute atomic E-state index is 0.407. The predicted molar refractivity (Wildman–Crippen MR) is 91.5 cm³/mol. The zero-order valence-electron chi connectivity index (χ0n) is 14.2. The van der Waals surface area contributed by atoms with E-state index >= 15 is 0 Å². The van der Waals surface area contributed by atoms with Crippen LogP contribution in [0.25, 0.3) is 11.2 Å². The lowest BCUT2D eigenvalue weighted by Gasteiger charge is -2.33. The number of piperidine rings is 1. The molecule has 0 bridgehead atoms. The monoisotopic (exact) mass is 344 g/mol. The highest BCUT2D eigenvalue weighted by atomic mass is 16.2. The van der Waals surface area contributed by atoms with Crippen LogP contribution in [0.5, 0.6) is 0 Å². The smallest absolute Gasteiger partial charge is 0.329 e. The number of anilines is 1. The van der Waals surface area contributed by atoms with Gasteiger partial charge in [0.1, 0.15) is 12.7 Å². The molecule has 4 rings (SSSR count). The van der Waals surface area contributed by atoms with Crippen LogP contribution in [0.4, 0.5) is 5.95 Å². The molecule has 3 aromatic heterocycles. The fraction of sp³-hybridized carbons (Fsp3) is 0.533. The van der Waals surface area contributed by atoms with Crippen LogP contribution >= 0.6 is 0 Å². The second-order valence-corrected chi connectivity index (χ2v) is 6.53. The van der Waals surface area contributed by atoms with Crippen LogP contribution in [0.3, 0.4) is 0 Å². The van der Waals surface area contributed by atoms with Gasteiger partial charge in [0.25, 0.3) is 5.56 Å². The molecule has 0 amide bonds. The molecule has 1 fully saturated rings. The van der Waals surface area contributed by atoms with Gasteiger partial charge in [-0.25, -0.2) is 9.78 Å². The van der Waals surface area contributed by atoms with E-state index in [1.54, 1.807) is 24.3 Å². The van der Waals surface area contributed by atoms with E-state index in [0.29, 0.717) is 23.0 Å². The number of hydrogen-bond donors (Lipinski definition) is 1. The molecule has 25 heavy (non-hydrogen) atoms. The average molecular weight is 344 g/mol. The van der Waals surface area contributed by atoms with Gasteiger partial charge in [-0.2, -0.15) is 10.1 Å². The summed E-state index contributed by atoms with van der Waals surface area (Å²) in [7, 11) is 3.42. The van der Waals surface area contributed by atoms with E-state index in [0.717, 1.165) is 32.5 Å². The number of nitrogens with zero attached hydrogens (tertiary/aromatic N) is 7. The van der Waals surface area contributed by atoms with Gasteiger partial charge in [0, 0.05) is 33.7 Å². The van der Waals surface area contributed by atoms with Crippen molar-refractivity contribution in [1.29, 1.82) is 0 Å². The van der Waals surface area contributed by atoms with Gasteiger partial charge in [0.15, 0.2) is 11.2 Å². The molecule has 132 valence electrons. The molecule has 1 aliphatic heterocycles. The van der Waals surface area contributed by atoms with Crippen molar-refractivity contribution in [2.45, 2.75) is 19.4 Å². The Bertz CT molecular complexity index is 1010. The average Bonchev–Trinajstić information content (AvgIpc) is 3.21. The molecular weight excluding hydrogens is 324 g/mol. The molecule has 3 aromatic rings. The summed E-state index contributed by atoms with van der Waals surface area (Å²) in [4.78, 5) is 37.1. The second kappa shape index (κ2) is 5.87. The number of aromatic amines is 1. The van der Waals surface area contributed by atoms with Gasteiger partial charge in [-0.15, -0.1) is 0 Å². The first-order valence-electron chi connectivity index (χ1n) is 8.27. The summed E-state index contributed by atoms with van der Waals surface area (Å²) in [6.07, 6.45) is 5.42. The minimum Gasteiger partial charge on any atom is -0.342 e. The number of nitrogens with one attached hydrogen (secondary N) is 1. The van der Waals surface area contributed by atoms with E-state index in [1.165, 1.54) is 4.57 Å². The SMILES string of the molecule is Cn1c(N2CCCC(Cn3cncn3)C2)nc2c1c(=O)[nH]c(=O)n2C. The molecule has 0 saturated carbocycles.